The van der Waals surface area contributed by atoms with Gasteiger partial charge in [0.15, 0.2) is 0 Å². The third kappa shape index (κ3) is 4.13. The van der Waals surface area contributed by atoms with Gasteiger partial charge in [0.25, 0.3) is 0 Å². The zero-order valence-electron chi connectivity index (χ0n) is 11.5. The Morgan fingerprint density at radius 3 is 2.63 bits per heavy atom. The predicted molar refractivity (Wildman–Crippen MR) is 85.3 cm³/mol. The molecule has 106 valence electrons. The van der Waals surface area contributed by atoms with Gasteiger partial charge in [-0.05, 0) is 17.0 Å². The molecule has 1 heterocycles. The van der Waals surface area contributed by atoms with Crippen LogP contribution in [0.15, 0.2) is 24.3 Å². The van der Waals surface area contributed by atoms with Crippen LogP contribution in [-0.4, -0.2) is 23.6 Å². The summed E-state index contributed by atoms with van der Waals surface area (Å²) in [6, 6.07) is 7.96. The quantitative estimate of drug-likeness (QED) is 0.882. The Balaban J connectivity index is 0.00000180. The number of thioether (sulfide) groups is 1. The minimum Gasteiger partial charge on any atom is -0.324 e. The second-order valence-electron chi connectivity index (χ2n) is 5.56. The molecule has 3 nitrogen and oxygen atoms in total. The van der Waals surface area contributed by atoms with Gasteiger partial charge in [-0.3, -0.25) is 10.1 Å². The first-order valence-electron chi connectivity index (χ1n) is 6.20. The van der Waals surface area contributed by atoms with Crippen LogP contribution >= 0.6 is 24.2 Å². The van der Waals surface area contributed by atoms with Gasteiger partial charge in [-0.1, -0.05) is 39.0 Å². The number of rotatable bonds is 2. The summed E-state index contributed by atoms with van der Waals surface area (Å²) in [6.07, 6.45) is 0. The summed E-state index contributed by atoms with van der Waals surface area (Å²) in [6.45, 7) is 6.46. The lowest BCUT2D eigenvalue weighted by atomic mass is 9.86. The van der Waals surface area contributed by atoms with Crippen LogP contribution in [-0.2, 0) is 10.2 Å². The number of hydrogen-bond donors (Lipinski definition) is 2. The standard InChI is InChI=1S/C14H20N2OS.ClH/c1-14(2,3)10-6-4-5-7-11(10)16-13(17)12-8-18-9-15-12;/h4-7,12,15H,8-9H2,1-3H3,(H,16,17);1H. The maximum atomic E-state index is 12.1. The lowest BCUT2D eigenvalue weighted by molar-refractivity contribution is -0.117. The molecule has 1 aliphatic heterocycles. The van der Waals surface area contributed by atoms with Crippen LogP contribution < -0.4 is 10.6 Å². The Morgan fingerprint density at radius 1 is 1.37 bits per heavy atom. The van der Waals surface area contributed by atoms with E-state index in [-0.39, 0.29) is 29.8 Å². The van der Waals surface area contributed by atoms with Crippen LogP contribution in [0, 0.1) is 0 Å². The zero-order chi connectivity index (χ0) is 13.2. The lowest BCUT2D eigenvalue weighted by Crippen LogP contribution is -2.38. The number of amides is 1. The molecular weight excluding hydrogens is 280 g/mol. The largest absolute Gasteiger partial charge is 0.324 e. The number of carbonyl (C=O) groups is 1. The van der Waals surface area contributed by atoms with Crippen molar-refractivity contribution in [3.05, 3.63) is 29.8 Å². The van der Waals surface area contributed by atoms with Gasteiger partial charge >= 0.3 is 0 Å². The molecule has 1 aliphatic rings. The van der Waals surface area contributed by atoms with Crippen LogP contribution in [0.4, 0.5) is 5.69 Å². The summed E-state index contributed by atoms with van der Waals surface area (Å²) < 4.78 is 0. The zero-order valence-corrected chi connectivity index (χ0v) is 13.2. The first kappa shape index (κ1) is 16.3. The average molecular weight is 301 g/mol. The van der Waals surface area contributed by atoms with Crippen molar-refractivity contribution in [2.24, 2.45) is 0 Å². The topological polar surface area (TPSA) is 41.1 Å². The highest BCUT2D eigenvalue weighted by atomic mass is 35.5. The Kier molecular flexibility index (Phi) is 5.71. The molecule has 0 saturated carbocycles. The second-order valence-corrected chi connectivity index (χ2v) is 6.59. The molecule has 1 unspecified atom stereocenters. The van der Waals surface area contributed by atoms with Crippen molar-refractivity contribution < 1.29 is 4.79 Å². The van der Waals surface area contributed by atoms with Gasteiger partial charge in [0.05, 0.1) is 6.04 Å². The van der Waals surface area contributed by atoms with Crippen molar-refractivity contribution in [1.82, 2.24) is 5.32 Å². The Hall–Kier alpha value is -0.710. The molecule has 1 fully saturated rings. The summed E-state index contributed by atoms with van der Waals surface area (Å²) in [7, 11) is 0. The molecule has 2 N–H and O–H groups in total. The number of anilines is 1. The SMILES string of the molecule is CC(C)(C)c1ccccc1NC(=O)C1CSCN1.Cl. The van der Waals surface area contributed by atoms with Crippen molar-refractivity contribution >= 4 is 35.8 Å². The van der Waals surface area contributed by atoms with E-state index in [2.05, 4.69) is 37.5 Å². The molecule has 1 aromatic rings. The van der Waals surface area contributed by atoms with Crippen LogP contribution in [0.3, 0.4) is 0 Å². The third-order valence-electron chi connectivity index (χ3n) is 3.03. The number of nitrogens with one attached hydrogen (secondary N) is 2. The van der Waals surface area contributed by atoms with Gasteiger partial charge in [-0.25, -0.2) is 0 Å². The summed E-state index contributed by atoms with van der Waals surface area (Å²) in [5.74, 6) is 1.78. The Morgan fingerprint density at radius 2 is 2.05 bits per heavy atom. The van der Waals surface area contributed by atoms with Crippen LogP contribution in [0.5, 0.6) is 0 Å². The van der Waals surface area contributed by atoms with E-state index in [4.69, 9.17) is 0 Å². The van der Waals surface area contributed by atoms with Crippen LogP contribution in [0.1, 0.15) is 26.3 Å². The van der Waals surface area contributed by atoms with Crippen molar-refractivity contribution in [1.29, 1.82) is 0 Å². The highest BCUT2D eigenvalue weighted by molar-refractivity contribution is 7.99. The monoisotopic (exact) mass is 300 g/mol. The molecule has 2 rings (SSSR count). The van der Waals surface area contributed by atoms with E-state index in [1.54, 1.807) is 11.8 Å². The molecule has 0 spiro atoms. The van der Waals surface area contributed by atoms with Crippen molar-refractivity contribution in [2.75, 3.05) is 16.9 Å². The first-order valence-corrected chi connectivity index (χ1v) is 7.35. The van der Waals surface area contributed by atoms with E-state index in [1.807, 2.05) is 18.2 Å². The number of para-hydroxylation sites is 1. The van der Waals surface area contributed by atoms with Crippen LogP contribution in [0.25, 0.3) is 0 Å². The third-order valence-corrected chi connectivity index (χ3v) is 3.97. The van der Waals surface area contributed by atoms with Gasteiger partial charge in [-0.2, -0.15) is 0 Å². The van der Waals surface area contributed by atoms with E-state index in [1.165, 1.54) is 5.56 Å². The molecule has 1 saturated heterocycles. The van der Waals surface area contributed by atoms with Gasteiger partial charge in [-0.15, -0.1) is 24.2 Å². The fourth-order valence-electron chi connectivity index (χ4n) is 2.03. The molecule has 0 aromatic heterocycles. The average Bonchev–Trinajstić information content (AvgIpc) is 2.81. The van der Waals surface area contributed by atoms with Crippen molar-refractivity contribution in [3.63, 3.8) is 0 Å². The first-order chi connectivity index (χ1) is 8.48. The second kappa shape index (κ2) is 6.64. The maximum absolute atomic E-state index is 12.1. The summed E-state index contributed by atoms with van der Waals surface area (Å²) in [5, 5.41) is 6.23. The van der Waals surface area contributed by atoms with Gasteiger partial charge in [0.2, 0.25) is 5.91 Å². The number of benzene rings is 1. The van der Waals surface area contributed by atoms with Gasteiger partial charge in [0, 0.05) is 17.3 Å². The molecule has 1 amide bonds. The molecule has 1 atom stereocenters. The molecular formula is C14H21ClN2OS. The number of carbonyl (C=O) groups excluding carboxylic acids is 1. The molecule has 1 aromatic carbocycles. The minimum atomic E-state index is -0.0666. The van der Waals surface area contributed by atoms with E-state index in [9.17, 15) is 4.79 Å². The number of hydrogen-bond acceptors (Lipinski definition) is 3. The Bertz CT molecular complexity index is 439. The summed E-state index contributed by atoms with van der Waals surface area (Å²) >= 11 is 1.76. The summed E-state index contributed by atoms with van der Waals surface area (Å²) in [5.41, 5.74) is 2.12. The predicted octanol–water partition coefficient (Wildman–Crippen LogP) is 3.01. The van der Waals surface area contributed by atoms with Crippen LogP contribution in [0.2, 0.25) is 0 Å². The number of halogens is 1. The molecule has 0 bridgehead atoms. The van der Waals surface area contributed by atoms with Crippen molar-refractivity contribution in [2.45, 2.75) is 32.2 Å². The highest BCUT2D eigenvalue weighted by Gasteiger charge is 2.24. The summed E-state index contributed by atoms with van der Waals surface area (Å²) in [4.78, 5) is 12.1. The molecule has 0 aliphatic carbocycles. The molecule has 19 heavy (non-hydrogen) atoms. The molecule has 0 radical (unpaired) electrons. The van der Waals surface area contributed by atoms with E-state index < -0.39 is 0 Å². The normalized spacial score (nSPS) is 18.8. The van der Waals surface area contributed by atoms with E-state index in [0.29, 0.717) is 0 Å². The fourth-order valence-corrected chi connectivity index (χ4v) is 2.97. The van der Waals surface area contributed by atoms with Gasteiger partial charge < -0.3 is 5.32 Å². The highest BCUT2D eigenvalue weighted by Crippen LogP contribution is 2.29. The minimum absolute atomic E-state index is 0. The maximum Gasteiger partial charge on any atom is 0.242 e. The fraction of sp³-hybridized carbons (Fsp3) is 0.500. The van der Waals surface area contributed by atoms with Gasteiger partial charge in [0.1, 0.15) is 0 Å². The molecule has 5 heteroatoms. The smallest absolute Gasteiger partial charge is 0.242 e. The van der Waals surface area contributed by atoms with E-state index in [0.717, 1.165) is 17.3 Å². The Labute approximate surface area is 125 Å². The van der Waals surface area contributed by atoms with E-state index >= 15 is 0 Å². The lowest BCUT2D eigenvalue weighted by Gasteiger charge is -2.23. The van der Waals surface area contributed by atoms with Crippen molar-refractivity contribution in [3.8, 4) is 0 Å².